The van der Waals surface area contributed by atoms with E-state index in [1.54, 1.807) is 0 Å². The van der Waals surface area contributed by atoms with Gasteiger partial charge < -0.3 is 9.47 Å². The monoisotopic (exact) mass is 202 g/mol. The lowest BCUT2D eigenvalue weighted by molar-refractivity contribution is -0.146. The van der Waals surface area contributed by atoms with Crippen molar-refractivity contribution >= 4 is 0 Å². The Morgan fingerprint density at radius 2 is 1.57 bits per heavy atom. The van der Waals surface area contributed by atoms with Gasteiger partial charge in [0, 0.05) is 6.61 Å². The second-order valence-electron chi connectivity index (χ2n) is 5.49. The SMILES string of the molecule is CC(C)CCOC(C)OCC(C)(C)C. The maximum absolute atomic E-state index is 5.57. The van der Waals surface area contributed by atoms with Crippen molar-refractivity contribution in [2.45, 2.75) is 54.3 Å². The zero-order chi connectivity index (χ0) is 11.2. The number of hydrogen-bond donors (Lipinski definition) is 0. The second kappa shape index (κ2) is 6.41. The molecular formula is C12H26O2. The van der Waals surface area contributed by atoms with Gasteiger partial charge in [-0.05, 0) is 24.7 Å². The molecule has 0 N–H and O–H groups in total. The first kappa shape index (κ1) is 13.9. The average Bonchev–Trinajstić information content (AvgIpc) is 1.99. The quantitative estimate of drug-likeness (QED) is 0.614. The summed E-state index contributed by atoms with van der Waals surface area (Å²) in [6.07, 6.45) is 1.02. The molecule has 0 bridgehead atoms. The Balaban J connectivity index is 3.42. The predicted octanol–water partition coefficient (Wildman–Crippen LogP) is 3.46. The van der Waals surface area contributed by atoms with Crippen LogP contribution in [0.15, 0.2) is 0 Å². The Morgan fingerprint density at radius 3 is 2.00 bits per heavy atom. The van der Waals surface area contributed by atoms with E-state index in [0.717, 1.165) is 19.6 Å². The summed E-state index contributed by atoms with van der Waals surface area (Å²) in [5.74, 6) is 0.699. The van der Waals surface area contributed by atoms with Crippen molar-refractivity contribution in [1.29, 1.82) is 0 Å². The maximum atomic E-state index is 5.57. The molecular weight excluding hydrogens is 176 g/mol. The number of ether oxygens (including phenoxy) is 2. The lowest BCUT2D eigenvalue weighted by Crippen LogP contribution is -2.22. The largest absolute Gasteiger partial charge is 0.353 e. The van der Waals surface area contributed by atoms with E-state index in [-0.39, 0.29) is 11.7 Å². The zero-order valence-electron chi connectivity index (χ0n) is 10.6. The molecule has 0 heterocycles. The van der Waals surface area contributed by atoms with Crippen molar-refractivity contribution in [3.63, 3.8) is 0 Å². The third kappa shape index (κ3) is 10.0. The van der Waals surface area contributed by atoms with Crippen LogP contribution >= 0.6 is 0 Å². The minimum Gasteiger partial charge on any atom is -0.353 e. The third-order valence-corrected chi connectivity index (χ3v) is 1.80. The fourth-order valence-corrected chi connectivity index (χ4v) is 0.885. The molecule has 0 fully saturated rings. The third-order valence-electron chi connectivity index (χ3n) is 1.80. The molecule has 1 unspecified atom stereocenters. The van der Waals surface area contributed by atoms with E-state index in [2.05, 4.69) is 34.6 Å². The van der Waals surface area contributed by atoms with Gasteiger partial charge in [-0.2, -0.15) is 0 Å². The van der Waals surface area contributed by atoms with Gasteiger partial charge in [0.05, 0.1) is 6.61 Å². The number of rotatable bonds is 6. The molecule has 2 heteroatoms. The molecule has 0 saturated carbocycles. The highest BCUT2D eigenvalue weighted by Crippen LogP contribution is 2.14. The van der Waals surface area contributed by atoms with Gasteiger partial charge in [0.2, 0.25) is 0 Å². The fourth-order valence-electron chi connectivity index (χ4n) is 0.885. The summed E-state index contributed by atoms with van der Waals surface area (Å²) in [4.78, 5) is 0. The minimum absolute atomic E-state index is 0.0759. The van der Waals surface area contributed by atoms with Gasteiger partial charge in [-0.3, -0.25) is 0 Å². The number of hydrogen-bond acceptors (Lipinski definition) is 2. The van der Waals surface area contributed by atoms with Crippen LogP contribution in [-0.4, -0.2) is 19.5 Å². The first-order valence-corrected chi connectivity index (χ1v) is 5.54. The highest BCUT2D eigenvalue weighted by Gasteiger charge is 2.12. The Labute approximate surface area is 89.0 Å². The van der Waals surface area contributed by atoms with E-state index in [1.807, 2.05) is 6.92 Å². The lowest BCUT2D eigenvalue weighted by atomic mass is 9.99. The second-order valence-corrected chi connectivity index (χ2v) is 5.49. The maximum Gasteiger partial charge on any atom is 0.154 e. The molecule has 0 spiro atoms. The molecule has 14 heavy (non-hydrogen) atoms. The van der Waals surface area contributed by atoms with Crippen molar-refractivity contribution in [1.82, 2.24) is 0 Å². The topological polar surface area (TPSA) is 18.5 Å². The molecule has 86 valence electrons. The summed E-state index contributed by atoms with van der Waals surface area (Å²) >= 11 is 0. The van der Waals surface area contributed by atoms with Crippen LogP contribution in [0.4, 0.5) is 0 Å². The van der Waals surface area contributed by atoms with Crippen molar-refractivity contribution < 1.29 is 9.47 Å². The summed E-state index contributed by atoms with van der Waals surface area (Å²) in [6.45, 7) is 14.4. The van der Waals surface area contributed by atoms with Crippen molar-refractivity contribution in [3.05, 3.63) is 0 Å². The molecule has 0 rings (SSSR count). The molecule has 0 radical (unpaired) electrons. The summed E-state index contributed by atoms with van der Waals surface area (Å²) < 4.78 is 11.1. The zero-order valence-corrected chi connectivity index (χ0v) is 10.6. The van der Waals surface area contributed by atoms with Crippen molar-refractivity contribution in [2.24, 2.45) is 11.3 Å². The van der Waals surface area contributed by atoms with Gasteiger partial charge >= 0.3 is 0 Å². The van der Waals surface area contributed by atoms with Crippen molar-refractivity contribution in [3.8, 4) is 0 Å². The van der Waals surface area contributed by atoms with Crippen LogP contribution in [0.3, 0.4) is 0 Å². The van der Waals surface area contributed by atoms with Crippen molar-refractivity contribution in [2.75, 3.05) is 13.2 Å². The summed E-state index contributed by atoms with van der Waals surface area (Å²) in [5, 5.41) is 0. The molecule has 0 aromatic heterocycles. The standard InChI is InChI=1S/C12H26O2/c1-10(2)7-8-13-11(3)14-9-12(4,5)6/h10-11H,7-9H2,1-6H3. The van der Waals surface area contributed by atoms with Gasteiger partial charge in [-0.15, -0.1) is 0 Å². The van der Waals surface area contributed by atoms with E-state index in [4.69, 9.17) is 9.47 Å². The molecule has 0 aromatic carbocycles. The van der Waals surface area contributed by atoms with E-state index < -0.39 is 0 Å². The van der Waals surface area contributed by atoms with Crippen LogP contribution in [0, 0.1) is 11.3 Å². The lowest BCUT2D eigenvalue weighted by Gasteiger charge is -2.22. The molecule has 0 amide bonds. The smallest absolute Gasteiger partial charge is 0.154 e. The van der Waals surface area contributed by atoms with Gasteiger partial charge in [0.25, 0.3) is 0 Å². The summed E-state index contributed by atoms with van der Waals surface area (Å²) in [6, 6.07) is 0. The van der Waals surface area contributed by atoms with Crippen LogP contribution in [-0.2, 0) is 9.47 Å². The molecule has 1 atom stereocenters. The van der Waals surface area contributed by atoms with Gasteiger partial charge in [-0.1, -0.05) is 34.6 Å². The average molecular weight is 202 g/mol. The predicted molar refractivity (Wildman–Crippen MR) is 60.3 cm³/mol. The van der Waals surface area contributed by atoms with Crippen LogP contribution in [0.25, 0.3) is 0 Å². The first-order valence-electron chi connectivity index (χ1n) is 5.54. The van der Waals surface area contributed by atoms with E-state index in [0.29, 0.717) is 5.92 Å². The summed E-state index contributed by atoms with van der Waals surface area (Å²) in [5.41, 5.74) is 0.218. The van der Waals surface area contributed by atoms with Crippen LogP contribution in [0.1, 0.15) is 48.0 Å². The van der Waals surface area contributed by atoms with Gasteiger partial charge in [0.15, 0.2) is 6.29 Å². The van der Waals surface area contributed by atoms with Crippen LogP contribution in [0.5, 0.6) is 0 Å². The first-order chi connectivity index (χ1) is 6.31. The van der Waals surface area contributed by atoms with Crippen LogP contribution in [0.2, 0.25) is 0 Å². The van der Waals surface area contributed by atoms with E-state index in [1.165, 1.54) is 0 Å². The Hall–Kier alpha value is -0.0800. The molecule has 0 aromatic rings. The molecule has 0 aliphatic rings. The van der Waals surface area contributed by atoms with E-state index >= 15 is 0 Å². The Kier molecular flexibility index (Phi) is 6.38. The molecule has 0 aliphatic heterocycles. The normalized spacial score (nSPS) is 14.8. The summed E-state index contributed by atoms with van der Waals surface area (Å²) in [7, 11) is 0. The fraction of sp³-hybridized carbons (Fsp3) is 1.00. The van der Waals surface area contributed by atoms with Gasteiger partial charge in [0.1, 0.15) is 0 Å². The minimum atomic E-state index is -0.0759. The van der Waals surface area contributed by atoms with Crippen LogP contribution < -0.4 is 0 Å². The van der Waals surface area contributed by atoms with E-state index in [9.17, 15) is 0 Å². The Bertz CT molecular complexity index is 136. The molecule has 2 nitrogen and oxygen atoms in total. The molecule has 0 saturated heterocycles. The Morgan fingerprint density at radius 1 is 1.00 bits per heavy atom. The highest BCUT2D eigenvalue weighted by atomic mass is 16.7. The van der Waals surface area contributed by atoms with Gasteiger partial charge in [-0.25, -0.2) is 0 Å². The highest BCUT2D eigenvalue weighted by molar-refractivity contribution is 4.59. The molecule has 0 aliphatic carbocycles.